The molecule has 1 aliphatic heterocycles. The number of carbonyl (C=O) groups is 2. The fourth-order valence-electron chi connectivity index (χ4n) is 2.91. The molecule has 0 unspecified atom stereocenters. The summed E-state index contributed by atoms with van der Waals surface area (Å²) in [6.45, 7) is 1.27. The third kappa shape index (κ3) is 5.18. The lowest BCUT2D eigenvalue weighted by Gasteiger charge is -2.32. The van der Waals surface area contributed by atoms with Gasteiger partial charge in [-0.05, 0) is 30.4 Å². The highest BCUT2D eigenvalue weighted by molar-refractivity contribution is 7.87. The number of aromatic carboxylic acids is 1. The van der Waals surface area contributed by atoms with Crippen LogP contribution in [-0.2, 0) is 15.0 Å². The van der Waals surface area contributed by atoms with E-state index in [-0.39, 0.29) is 23.9 Å². The Hall–Kier alpha value is -1.62. The Morgan fingerprint density at radius 2 is 1.88 bits per heavy atom. The van der Waals surface area contributed by atoms with Crippen molar-refractivity contribution in [3.63, 3.8) is 0 Å². The predicted octanol–water partition coefficient (Wildman–Crippen LogP) is 0.148. The molecule has 9 nitrogen and oxygen atoms in total. The number of amides is 1. The van der Waals surface area contributed by atoms with Gasteiger partial charge in [-0.3, -0.25) is 4.79 Å². The molecule has 25 heavy (non-hydrogen) atoms. The number of carboxylic acid groups (broad SMARTS) is 1. The number of halogens is 1. The molecule has 1 fully saturated rings. The monoisotopic (exact) mass is 394 g/mol. The van der Waals surface area contributed by atoms with Gasteiger partial charge < -0.3 is 15.7 Å². The molecular formula is C14H23ClN4O5S. The van der Waals surface area contributed by atoms with E-state index in [1.54, 1.807) is 4.90 Å². The molecule has 11 heteroatoms. The van der Waals surface area contributed by atoms with Crippen LogP contribution in [0.25, 0.3) is 0 Å². The molecule has 1 amide bonds. The van der Waals surface area contributed by atoms with Gasteiger partial charge in [0, 0.05) is 38.6 Å². The number of carbonyl (C=O) groups excluding carboxylic acids is 1. The van der Waals surface area contributed by atoms with Crippen molar-refractivity contribution in [3.8, 4) is 0 Å². The molecule has 1 saturated heterocycles. The minimum absolute atomic E-state index is 0.0217. The van der Waals surface area contributed by atoms with E-state index in [4.69, 9.17) is 10.9 Å². The highest BCUT2D eigenvalue weighted by Crippen LogP contribution is 2.31. The summed E-state index contributed by atoms with van der Waals surface area (Å²) in [5.74, 6) is -1.50. The second kappa shape index (κ2) is 9.18. The van der Waals surface area contributed by atoms with Crippen LogP contribution < -0.4 is 10.9 Å². The molecule has 5 N–H and O–H groups in total. The van der Waals surface area contributed by atoms with Gasteiger partial charge in [0.15, 0.2) is 0 Å². The smallest absolute Gasteiger partial charge is 0.353 e. The third-order valence-electron chi connectivity index (χ3n) is 4.01. The Bertz CT molecular complexity index is 711. The van der Waals surface area contributed by atoms with Gasteiger partial charge in [-0.15, -0.1) is 11.6 Å². The summed E-state index contributed by atoms with van der Waals surface area (Å²) in [4.78, 5) is 24.9. The number of nitrogens with two attached hydrogens (primary N) is 2. The van der Waals surface area contributed by atoms with Gasteiger partial charge in [-0.1, -0.05) is 0 Å². The van der Waals surface area contributed by atoms with Crippen molar-refractivity contribution in [3.05, 3.63) is 23.5 Å². The zero-order valence-electron chi connectivity index (χ0n) is 13.9. The summed E-state index contributed by atoms with van der Waals surface area (Å²) in [5.41, 5.74) is 5.46. The number of aromatic nitrogens is 1. The maximum absolute atomic E-state index is 11.8. The van der Waals surface area contributed by atoms with Crippen LogP contribution in [-0.4, -0.2) is 60.3 Å². The molecule has 2 rings (SSSR count). The molecule has 142 valence electrons. The number of carboxylic acids is 1. The van der Waals surface area contributed by atoms with Gasteiger partial charge in [0.05, 0.1) is 0 Å². The van der Waals surface area contributed by atoms with Crippen molar-refractivity contribution in [2.75, 3.05) is 26.0 Å². The van der Waals surface area contributed by atoms with Gasteiger partial charge in [0.2, 0.25) is 5.91 Å². The molecule has 1 aromatic heterocycles. The maximum atomic E-state index is 11.8. The molecule has 1 aliphatic rings. The standard InChI is InChI=1S/C13H20N4O5S.CH3Cl/c14-5-1-11(18)16-6-2-9(3-7-16)10-4-8-17(23(15,21)22)12(10)13(19)20;1-2/h4,8-9H,1-3,5-7,14H2,(H,19,20)(H2,15,21,22);1H3. The van der Waals surface area contributed by atoms with Crippen molar-refractivity contribution < 1.29 is 23.1 Å². The Morgan fingerprint density at radius 3 is 2.32 bits per heavy atom. The van der Waals surface area contributed by atoms with Crippen molar-refractivity contribution in [1.29, 1.82) is 0 Å². The molecule has 0 bridgehead atoms. The molecule has 0 radical (unpaired) electrons. The first kappa shape index (κ1) is 21.4. The fraction of sp³-hybridized carbons (Fsp3) is 0.571. The Labute approximate surface area is 151 Å². The number of hydrogen-bond donors (Lipinski definition) is 3. The van der Waals surface area contributed by atoms with Crippen LogP contribution in [0.5, 0.6) is 0 Å². The highest BCUT2D eigenvalue weighted by atomic mass is 35.5. The molecule has 0 saturated carbocycles. The lowest BCUT2D eigenvalue weighted by Crippen LogP contribution is -2.39. The minimum atomic E-state index is -4.17. The van der Waals surface area contributed by atoms with Crippen LogP contribution in [0.1, 0.15) is 41.2 Å². The van der Waals surface area contributed by atoms with Crippen LogP contribution in [0.15, 0.2) is 12.3 Å². The summed E-state index contributed by atoms with van der Waals surface area (Å²) in [5, 5.41) is 14.4. The predicted molar refractivity (Wildman–Crippen MR) is 93.9 cm³/mol. The van der Waals surface area contributed by atoms with Crippen LogP contribution in [0.2, 0.25) is 0 Å². The van der Waals surface area contributed by atoms with Crippen molar-refractivity contribution in [1.82, 2.24) is 8.87 Å². The van der Waals surface area contributed by atoms with Crippen LogP contribution in [0.4, 0.5) is 0 Å². The largest absolute Gasteiger partial charge is 0.477 e. The fourth-order valence-corrected chi connectivity index (χ4v) is 3.58. The number of piperidine rings is 1. The van der Waals surface area contributed by atoms with Crippen LogP contribution in [0, 0.1) is 0 Å². The molecule has 1 aromatic rings. The number of hydrogen-bond acceptors (Lipinski definition) is 5. The lowest BCUT2D eigenvalue weighted by molar-refractivity contribution is -0.132. The summed E-state index contributed by atoms with van der Waals surface area (Å²) < 4.78 is 23.5. The summed E-state index contributed by atoms with van der Waals surface area (Å²) in [7, 11) is -4.17. The molecule has 0 aliphatic carbocycles. The zero-order chi connectivity index (χ0) is 19.2. The quantitative estimate of drug-likeness (QED) is 0.605. The van der Waals surface area contributed by atoms with E-state index in [1.807, 2.05) is 0 Å². The Balaban J connectivity index is 0.00000151. The van der Waals surface area contributed by atoms with Gasteiger partial charge >= 0.3 is 16.2 Å². The number of likely N-dealkylation sites (tertiary alicyclic amines) is 1. The van der Waals surface area contributed by atoms with E-state index >= 15 is 0 Å². The first-order valence-electron chi connectivity index (χ1n) is 7.59. The van der Waals surface area contributed by atoms with Crippen molar-refractivity contribution in [2.45, 2.75) is 25.2 Å². The topological polar surface area (TPSA) is 149 Å². The normalized spacial score (nSPS) is 15.4. The van der Waals surface area contributed by atoms with E-state index in [0.717, 1.165) is 6.20 Å². The molecule has 0 aromatic carbocycles. The van der Waals surface area contributed by atoms with Gasteiger partial charge in [0.25, 0.3) is 0 Å². The average molecular weight is 395 g/mol. The van der Waals surface area contributed by atoms with E-state index in [1.165, 1.54) is 12.4 Å². The Kier molecular flexibility index (Phi) is 7.87. The molecule has 2 heterocycles. The van der Waals surface area contributed by atoms with E-state index in [2.05, 4.69) is 11.6 Å². The lowest BCUT2D eigenvalue weighted by atomic mass is 9.89. The van der Waals surface area contributed by atoms with Gasteiger partial charge in [0.1, 0.15) is 5.69 Å². The zero-order valence-corrected chi connectivity index (χ0v) is 15.5. The van der Waals surface area contributed by atoms with E-state index in [0.29, 0.717) is 42.0 Å². The first-order chi connectivity index (χ1) is 11.8. The third-order valence-corrected chi connectivity index (χ3v) is 4.86. The van der Waals surface area contributed by atoms with Gasteiger partial charge in [-0.25, -0.2) is 13.9 Å². The van der Waals surface area contributed by atoms with Crippen molar-refractivity contribution >= 4 is 33.7 Å². The van der Waals surface area contributed by atoms with Gasteiger partial charge in [-0.2, -0.15) is 8.42 Å². The Morgan fingerprint density at radius 1 is 1.32 bits per heavy atom. The molecule has 0 atom stereocenters. The molecule has 0 spiro atoms. The second-order valence-corrected chi connectivity index (χ2v) is 6.88. The average Bonchev–Trinajstić information content (AvgIpc) is 3.02. The van der Waals surface area contributed by atoms with E-state index < -0.39 is 16.2 Å². The second-order valence-electron chi connectivity index (χ2n) is 5.46. The summed E-state index contributed by atoms with van der Waals surface area (Å²) >= 11 is 4.64. The SMILES string of the molecule is CCl.NCCC(=O)N1CCC(c2ccn(S(N)(=O)=O)c2C(=O)O)CC1. The number of nitrogens with zero attached hydrogens (tertiary/aromatic N) is 2. The summed E-state index contributed by atoms with van der Waals surface area (Å²) in [6, 6.07) is 1.47. The molecular weight excluding hydrogens is 372 g/mol. The maximum Gasteiger partial charge on any atom is 0.353 e. The van der Waals surface area contributed by atoms with Crippen LogP contribution >= 0.6 is 11.6 Å². The summed E-state index contributed by atoms with van der Waals surface area (Å²) in [6.07, 6.45) is 4.03. The number of rotatable bonds is 5. The minimum Gasteiger partial charge on any atom is -0.477 e. The van der Waals surface area contributed by atoms with Crippen molar-refractivity contribution in [2.24, 2.45) is 10.9 Å². The van der Waals surface area contributed by atoms with Crippen LogP contribution in [0.3, 0.4) is 0 Å². The first-order valence-corrected chi connectivity index (χ1v) is 9.85. The number of alkyl halides is 1. The highest BCUT2D eigenvalue weighted by Gasteiger charge is 2.30. The van der Waals surface area contributed by atoms with E-state index in [9.17, 15) is 23.1 Å².